The lowest BCUT2D eigenvalue weighted by atomic mass is 9.91. The molecule has 1 amide bonds. The molecule has 1 unspecified atom stereocenters. The number of carbonyl (C=O) groups is 2. The number of hydrogen-bond donors (Lipinski definition) is 1. The molecule has 3 aromatic rings. The summed E-state index contributed by atoms with van der Waals surface area (Å²) in [7, 11) is 1.60. The maximum absolute atomic E-state index is 12.9. The van der Waals surface area contributed by atoms with Crippen molar-refractivity contribution in [1.29, 1.82) is 0 Å². The molecule has 0 radical (unpaired) electrons. The van der Waals surface area contributed by atoms with Gasteiger partial charge in [0.2, 0.25) is 5.91 Å². The standard InChI is InChI=1S/C27H25Cl2NO3/c1-33-23-10-11-24-25(15-23)19(13-26(24)31)14-27(32)30-16-20(18-4-8-22(29)9-5-18)12-17-2-6-21(28)7-3-17/h2-11,15,19-20H,12-14,16H2,1H3,(H,30,32)/t19?,20-/m0/s1. The van der Waals surface area contributed by atoms with Crippen molar-refractivity contribution < 1.29 is 14.3 Å². The van der Waals surface area contributed by atoms with Crippen LogP contribution >= 0.6 is 23.2 Å². The first-order valence-electron chi connectivity index (χ1n) is 10.9. The van der Waals surface area contributed by atoms with Gasteiger partial charge >= 0.3 is 0 Å². The molecule has 0 spiro atoms. The van der Waals surface area contributed by atoms with Crippen LogP contribution in [0.15, 0.2) is 66.7 Å². The minimum Gasteiger partial charge on any atom is -0.497 e. The molecule has 0 saturated heterocycles. The molecule has 6 heteroatoms. The lowest BCUT2D eigenvalue weighted by Crippen LogP contribution is -2.30. The summed E-state index contributed by atoms with van der Waals surface area (Å²) in [6.07, 6.45) is 1.36. The van der Waals surface area contributed by atoms with Crippen LogP contribution in [0.1, 0.15) is 51.7 Å². The number of Topliss-reactive ketones (excluding diaryl/α,β-unsaturated/α-hetero) is 1. The first kappa shape index (κ1) is 23.3. The summed E-state index contributed by atoms with van der Waals surface area (Å²) in [6, 6.07) is 20.9. The number of carbonyl (C=O) groups excluding carboxylic acids is 2. The summed E-state index contributed by atoms with van der Waals surface area (Å²) in [6.45, 7) is 0.481. The number of benzene rings is 3. The highest BCUT2D eigenvalue weighted by molar-refractivity contribution is 6.30. The Morgan fingerprint density at radius 3 is 2.36 bits per heavy atom. The van der Waals surface area contributed by atoms with Crippen LogP contribution in [0, 0.1) is 0 Å². The van der Waals surface area contributed by atoms with Crippen LogP contribution in [-0.2, 0) is 11.2 Å². The second kappa shape index (κ2) is 10.4. The topological polar surface area (TPSA) is 55.4 Å². The predicted molar refractivity (Wildman–Crippen MR) is 132 cm³/mol. The monoisotopic (exact) mass is 481 g/mol. The summed E-state index contributed by atoms with van der Waals surface area (Å²) in [5.74, 6) is 0.642. The molecule has 3 aromatic carbocycles. The lowest BCUT2D eigenvalue weighted by molar-refractivity contribution is -0.121. The largest absolute Gasteiger partial charge is 0.497 e. The SMILES string of the molecule is COc1ccc2c(c1)C(CC(=O)NC[C@H](Cc1ccc(Cl)cc1)c1ccc(Cl)cc1)CC2=O. The third-order valence-corrected chi connectivity index (χ3v) is 6.65. The Kier molecular flexibility index (Phi) is 7.36. The zero-order valence-electron chi connectivity index (χ0n) is 18.3. The highest BCUT2D eigenvalue weighted by Gasteiger charge is 2.31. The molecule has 0 aromatic heterocycles. The molecule has 33 heavy (non-hydrogen) atoms. The van der Waals surface area contributed by atoms with Gasteiger partial charge < -0.3 is 10.1 Å². The quantitative estimate of drug-likeness (QED) is 0.416. The fourth-order valence-corrected chi connectivity index (χ4v) is 4.62. The molecule has 0 heterocycles. The second-order valence-electron chi connectivity index (χ2n) is 8.36. The van der Waals surface area contributed by atoms with E-state index in [4.69, 9.17) is 27.9 Å². The van der Waals surface area contributed by atoms with Crippen molar-refractivity contribution in [2.45, 2.75) is 31.1 Å². The fraction of sp³-hybridized carbons (Fsp3) is 0.259. The molecule has 4 rings (SSSR count). The van der Waals surface area contributed by atoms with Gasteiger partial charge in [-0.15, -0.1) is 0 Å². The van der Waals surface area contributed by atoms with Gasteiger partial charge in [0, 0.05) is 46.8 Å². The number of nitrogens with one attached hydrogen (secondary N) is 1. The van der Waals surface area contributed by atoms with E-state index in [-0.39, 0.29) is 29.9 Å². The molecule has 1 N–H and O–H groups in total. The van der Waals surface area contributed by atoms with Crippen LogP contribution in [0.5, 0.6) is 5.75 Å². The van der Waals surface area contributed by atoms with E-state index in [1.54, 1.807) is 19.2 Å². The van der Waals surface area contributed by atoms with Crippen LogP contribution < -0.4 is 10.1 Å². The number of amides is 1. The number of fused-ring (bicyclic) bond motifs is 1. The van der Waals surface area contributed by atoms with Crippen molar-refractivity contribution in [3.05, 3.63) is 99.0 Å². The number of ether oxygens (including phenoxy) is 1. The summed E-state index contributed by atoms with van der Waals surface area (Å²) >= 11 is 12.1. The Hall–Kier alpha value is -2.82. The van der Waals surface area contributed by atoms with Crippen molar-refractivity contribution in [2.24, 2.45) is 0 Å². The van der Waals surface area contributed by atoms with E-state index >= 15 is 0 Å². The zero-order valence-corrected chi connectivity index (χ0v) is 19.8. The molecule has 4 nitrogen and oxygen atoms in total. The van der Waals surface area contributed by atoms with E-state index in [2.05, 4.69) is 5.32 Å². The van der Waals surface area contributed by atoms with Gasteiger partial charge in [-0.3, -0.25) is 9.59 Å². The molecule has 0 fully saturated rings. The number of hydrogen-bond acceptors (Lipinski definition) is 3. The van der Waals surface area contributed by atoms with E-state index < -0.39 is 0 Å². The highest BCUT2D eigenvalue weighted by atomic mass is 35.5. The van der Waals surface area contributed by atoms with Gasteiger partial charge in [-0.2, -0.15) is 0 Å². The summed E-state index contributed by atoms with van der Waals surface area (Å²) in [4.78, 5) is 25.2. The first-order chi connectivity index (χ1) is 15.9. The fourth-order valence-electron chi connectivity index (χ4n) is 4.37. The van der Waals surface area contributed by atoms with Crippen LogP contribution in [0.2, 0.25) is 10.0 Å². The third-order valence-electron chi connectivity index (χ3n) is 6.14. The predicted octanol–water partition coefficient (Wildman–Crippen LogP) is 6.20. The number of rotatable bonds is 8. The van der Waals surface area contributed by atoms with Crippen molar-refractivity contribution in [2.75, 3.05) is 13.7 Å². The molecule has 1 aliphatic rings. The van der Waals surface area contributed by atoms with Gasteiger partial charge in [0.1, 0.15) is 5.75 Å². The first-order valence-corrected chi connectivity index (χ1v) is 11.7. The summed E-state index contributed by atoms with van der Waals surface area (Å²) < 4.78 is 5.30. The van der Waals surface area contributed by atoms with Gasteiger partial charge in [-0.05, 0) is 65.6 Å². The van der Waals surface area contributed by atoms with Crippen molar-refractivity contribution in [3.63, 3.8) is 0 Å². The molecule has 170 valence electrons. The van der Waals surface area contributed by atoms with Crippen molar-refractivity contribution in [3.8, 4) is 5.75 Å². The van der Waals surface area contributed by atoms with Gasteiger partial charge in [0.05, 0.1) is 7.11 Å². The number of methoxy groups -OCH3 is 1. The average Bonchev–Trinajstić information content (AvgIpc) is 3.12. The van der Waals surface area contributed by atoms with Gasteiger partial charge in [-0.25, -0.2) is 0 Å². The highest BCUT2D eigenvalue weighted by Crippen LogP contribution is 2.37. The minimum absolute atomic E-state index is 0.0708. The van der Waals surface area contributed by atoms with E-state index in [9.17, 15) is 9.59 Å². The average molecular weight is 482 g/mol. The zero-order chi connectivity index (χ0) is 23.4. The van der Waals surface area contributed by atoms with E-state index in [1.807, 2.05) is 54.6 Å². The Morgan fingerprint density at radius 1 is 1.03 bits per heavy atom. The van der Waals surface area contributed by atoms with Crippen LogP contribution in [0.4, 0.5) is 0 Å². The van der Waals surface area contributed by atoms with E-state index in [0.29, 0.717) is 34.3 Å². The molecule has 0 bridgehead atoms. The lowest BCUT2D eigenvalue weighted by Gasteiger charge is -2.20. The molecule has 2 atom stereocenters. The maximum Gasteiger partial charge on any atom is 0.220 e. The van der Waals surface area contributed by atoms with Crippen LogP contribution in [0.25, 0.3) is 0 Å². The van der Waals surface area contributed by atoms with Crippen LogP contribution in [0.3, 0.4) is 0 Å². The number of ketones is 1. The van der Waals surface area contributed by atoms with Crippen LogP contribution in [-0.4, -0.2) is 25.3 Å². The molecule has 1 aliphatic carbocycles. The molecule has 0 saturated carbocycles. The Bertz CT molecular complexity index is 1140. The van der Waals surface area contributed by atoms with Gasteiger partial charge in [0.15, 0.2) is 5.78 Å². The molecular weight excluding hydrogens is 457 g/mol. The second-order valence-corrected chi connectivity index (χ2v) is 9.24. The summed E-state index contributed by atoms with van der Waals surface area (Å²) in [5, 5.41) is 4.45. The Balaban J connectivity index is 1.44. The smallest absolute Gasteiger partial charge is 0.220 e. The molecular formula is C27H25Cl2NO3. The Labute approximate surface area is 203 Å². The van der Waals surface area contributed by atoms with E-state index in [0.717, 1.165) is 23.1 Å². The third kappa shape index (κ3) is 5.76. The van der Waals surface area contributed by atoms with Gasteiger partial charge in [0.25, 0.3) is 0 Å². The van der Waals surface area contributed by atoms with E-state index in [1.165, 1.54) is 0 Å². The van der Waals surface area contributed by atoms with Gasteiger partial charge in [-0.1, -0.05) is 47.5 Å². The summed E-state index contributed by atoms with van der Waals surface area (Å²) in [5.41, 5.74) is 3.82. The van der Waals surface area contributed by atoms with Crippen molar-refractivity contribution >= 4 is 34.9 Å². The maximum atomic E-state index is 12.9. The minimum atomic E-state index is -0.132. The normalized spacial score (nSPS) is 15.7. The Morgan fingerprint density at radius 2 is 1.70 bits per heavy atom. The number of halogens is 2. The molecule has 0 aliphatic heterocycles. The van der Waals surface area contributed by atoms with Crippen molar-refractivity contribution in [1.82, 2.24) is 5.32 Å².